The summed E-state index contributed by atoms with van der Waals surface area (Å²) in [6, 6.07) is 86.7. The third kappa shape index (κ3) is 5.29. The van der Waals surface area contributed by atoms with Gasteiger partial charge in [-0.05, 0) is 121 Å². The van der Waals surface area contributed by atoms with E-state index in [4.69, 9.17) is 0 Å². The first-order chi connectivity index (χ1) is 32.5. The van der Waals surface area contributed by atoms with Gasteiger partial charge in [-0.1, -0.05) is 226 Å². The van der Waals surface area contributed by atoms with Gasteiger partial charge in [-0.15, -0.1) is 0 Å². The molecular formula is C65H49N. The van der Waals surface area contributed by atoms with Crippen LogP contribution in [0.2, 0.25) is 0 Å². The summed E-state index contributed by atoms with van der Waals surface area (Å²) < 4.78 is 0. The van der Waals surface area contributed by atoms with E-state index in [2.05, 4.69) is 261 Å². The van der Waals surface area contributed by atoms with Crippen LogP contribution in [0.4, 0.5) is 17.1 Å². The highest BCUT2D eigenvalue weighted by Crippen LogP contribution is 2.65. The second-order valence-electron chi connectivity index (χ2n) is 19.1. The fraction of sp³-hybridized carbons (Fsp3) is 0.108. The molecule has 314 valence electrons. The Kier molecular flexibility index (Phi) is 8.58. The molecule has 1 nitrogen and oxygen atoms in total. The largest absolute Gasteiger partial charge is 0.310 e. The minimum absolute atomic E-state index is 0.106. The maximum Gasteiger partial charge on any atom is 0.0676 e. The summed E-state index contributed by atoms with van der Waals surface area (Å²) in [4.78, 5) is 2.44. The topological polar surface area (TPSA) is 3.24 Å². The molecule has 13 rings (SSSR count). The number of allylic oxidation sites excluding steroid dienone is 4. The van der Waals surface area contributed by atoms with Gasteiger partial charge in [0.15, 0.2) is 0 Å². The van der Waals surface area contributed by atoms with Gasteiger partial charge in [0.2, 0.25) is 0 Å². The van der Waals surface area contributed by atoms with Crippen LogP contribution in [0.3, 0.4) is 0 Å². The van der Waals surface area contributed by atoms with Gasteiger partial charge in [-0.3, -0.25) is 0 Å². The Hall–Kier alpha value is -7.74. The molecule has 9 aromatic rings. The Bertz CT molecular complexity index is 3320. The smallest absolute Gasteiger partial charge is 0.0676 e. The molecule has 0 saturated carbocycles. The molecule has 0 aliphatic heterocycles. The molecule has 4 aliphatic carbocycles. The Morgan fingerprint density at radius 2 is 0.818 bits per heavy atom. The van der Waals surface area contributed by atoms with E-state index >= 15 is 0 Å². The van der Waals surface area contributed by atoms with Crippen LogP contribution < -0.4 is 4.90 Å². The summed E-state index contributed by atoms with van der Waals surface area (Å²) >= 11 is 0. The molecule has 0 aromatic heterocycles. The zero-order chi connectivity index (χ0) is 44.0. The maximum atomic E-state index is 2.50. The van der Waals surface area contributed by atoms with Crippen LogP contribution in [0.15, 0.2) is 248 Å². The molecule has 0 radical (unpaired) electrons. The van der Waals surface area contributed by atoms with E-state index in [0.29, 0.717) is 0 Å². The summed E-state index contributed by atoms with van der Waals surface area (Å²) in [5.41, 5.74) is 22.7. The van der Waals surface area contributed by atoms with Crippen LogP contribution in [-0.2, 0) is 16.2 Å². The number of hydrogen-bond acceptors (Lipinski definition) is 1. The third-order valence-corrected chi connectivity index (χ3v) is 15.7. The lowest BCUT2D eigenvalue weighted by Gasteiger charge is -2.44. The van der Waals surface area contributed by atoms with Crippen LogP contribution in [0.5, 0.6) is 0 Å². The van der Waals surface area contributed by atoms with E-state index in [0.717, 1.165) is 23.5 Å². The van der Waals surface area contributed by atoms with E-state index in [1.165, 1.54) is 83.5 Å². The van der Waals surface area contributed by atoms with Crippen molar-refractivity contribution in [1.82, 2.24) is 0 Å². The van der Waals surface area contributed by atoms with E-state index in [1.54, 1.807) is 0 Å². The van der Waals surface area contributed by atoms with Crippen molar-refractivity contribution in [2.24, 2.45) is 5.92 Å². The molecule has 1 unspecified atom stereocenters. The number of hydrogen-bond donors (Lipinski definition) is 0. The molecule has 1 heteroatoms. The highest BCUT2D eigenvalue weighted by atomic mass is 15.1. The number of anilines is 3. The average Bonchev–Trinajstić information content (AvgIpc) is 3.94. The van der Waals surface area contributed by atoms with Gasteiger partial charge in [-0.2, -0.15) is 0 Å². The van der Waals surface area contributed by atoms with Gasteiger partial charge in [-0.25, -0.2) is 0 Å². The van der Waals surface area contributed by atoms with E-state index in [9.17, 15) is 0 Å². The minimum Gasteiger partial charge on any atom is -0.310 e. The average molecular weight is 844 g/mol. The quantitative estimate of drug-likeness (QED) is 0.154. The second kappa shape index (κ2) is 14.6. The van der Waals surface area contributed by atoms with Crippen molar-refractivity contribution in [2.45, 2.75) is 36.5 Å². The summed E-state index contributed by atoms with van der Waals surface area (Å²) in [5.74, 6) is 0.166. The van der Waals surface area contributed by atoms with Crippen molar-refractivity contribution in [3.63, 3.8) is 0 Å². The number of fused-ring (bicyclic) bond motifs is 9. The fourth-order valence-electron chi connectivity index (χ4n) is 13.0. The number of nitrogens with zero attached hydrogens (tertiary/aromatic N) is 1. The second-order valence-corrected chi connectivity index (χ2v) is 19.1. The number of rotatable bonds is 7. The lowest BCUT2D eigenvalue weighted by Crippen LogP contribution is -2.38. The highest BCUT2D eigenvalue weighted by Gasteiger charge is 2.56. The normalized spacial score (nSPS) is 17.3. The molecule has 0 fully saturated rings. The summed E-state index contributed by atoms with van der Waals surface area (Å²) in [7, 11) is 0. The van der Waals surface area contributed by atoms with Crippen LogP contribution in [0.25, 0.3) is 27.8 Å². The van der Waals surface area contributed by atoms with E-state index < -0.39 is 5.41 Å². The molecular weight excluding hydrogens is 795 g/mol. The molecule has 0 bridgehead atoms. The Labute approximate surface area is 388 Å². The minimum atomic E-state index is -0.525. The van der Waals surface area contributed by atoms with Gasteiger partial charge < -0.3 is 4.90 Å². The molecule has 0 spiro atoms. The molecule has 0 saturated heterocycles. The first-order valence-corrected chi connectivity index (χ1v) is 23.5. The molecule has 0 N–H and O–H groups in total. The molecule has 0 heterocycles. The van der Waals surface area contributed by atoms with Gasteiger partial charge in [0.25, 0.3) is 0 Å². The fourth-order valence-corrected chi connectivity index (χ4v) is 13.0. The molecule has 4 aliphatic rings. The highest BCUT2D eigenvalue weighted by molar-refractivity contribution is 5.90. The molecule has 66 heavy (non-hydrogen) atoms. The third-order valence-electron chi connectivity index (χ3n) is 15.7. The Morgan fingerprint density at radius 1 is 0.364 bits per heavy atom. The van der Waals surface area contributed by atoms with Gasteiger partial charge in [0.1, 0.15) is 0 Å². The van der Waals surface area contributed by atoms with Crippen molar-refractivity contribution in [3.8, 4) is 22.3 Å². The van der Waals surface area contributed by atoms with Gasteiger partial charge in [0, 0.05) is 28.4 Å². The van der Waals surface area contributed by atoms with E-state index in [1.807, 2.05) is 0 Å². The molecule has 0 amide bonds. The van der Waals surface area contributed by atoms with Crippen molar-refractivity contribution < 1.29 is 0 Å². The van der Waals surface area contributed by atoms with Crippen molar-refractivity contribution in [1.29, 1.82) is 0 Å². The van der Waals surface area contributed by atoms with Crippen molar-refractivity contribution in [3.05, 3.63) is 298 Å². The first kappa shape index (κ1) is 38.7. The predicted molar refractivity (Wildman–Crippen MR) is 274 cm³/mol. The molecule has 9 aromatic carbocycles. The SMILES string of the molecule is CC1(C)c2ccccc2-c2ccc(N(c3ccccc3)c3ccc(C4(C5=CC=C6c7ccccc7C(c7ccccc7)(c7ccccc7)C6C5)c5ccccc5-c5ccccc54)cc3)cc21. The van der Waals surface area contributed by atoms with Gasteiger partial charge in [0.05, 0.1) is 10.8 Å². The summed E-state index contributed by atoms with van der Waals surface area (Å²) in [5, 5.41) is 0. The zero-order valence-corrected chi connectivity index (χ0v) is 37.3. The van der Waals surface area contributed by atoms with Crippen LogP contribution in [0, 0.1) is 5.92 Å². The standard InChI is InChI=1S/C65H49N/c1-63(2)57-30-16-12-26-51(57)55-41-39-50(43-61(55)63)66(48-24-10-5-11-25-48)49-37-34-46(35-38-49)65(59-32-18-13-27-52(59)53-28-14-19-33-60(53)65)47-36-40-56-54-29-15-17-31-58(54)64(62(56)42-47,44-20-6-3-7-21-44)45-22-8-4-9-23-45/h3-41,43,62H,42H2,1-2H3. The van der Waals surface area contributed by atoms with Gasteiger partial charge >= 0.3 is 0 Å². The monoisotopic (exact) mass is 843 g/mol. The summed E-state index contributed by atoms with van der Waals surface area (Å²) in [6.45, 7) is 4.73. The Morgan fingerprint density at radius 3 is 1.42 bits per heavy atom. The Balaban J connectivity index is 1.00. The molecule has 1 atom stereocenters. The lowest BCUT2D eigenvalue weighted by atomic mass is 9.58. The van der Waals surface area contributed by atoms with Crippen LogP contribution >= 0.6 is 0 Å². The zero-order valence-electron chi connectivity index (χ0n) is 37.3. The van der Waals surface area contributed by atoms with Crippen LogP contribution in [0.1, 0.15) is 70.3 Å². The summed E-state index contributed by atoms with van der Waals surface area (Å²) in [6.07, 6.45) is 5.88. The van der Waals surface area contributed by atoms with Crippen molar-refractivity contribution in [2.75, 3.05) is 4.90 Å². The van der Waals surface area contributed by atoms with Crippen molar-refractivity contribution >= 4 is 22.6 Å². The number of benzene rings is 9. The maximum absolute atomic E-state index is 2.50. The van der Waals surface area contributed by atoms with E-state index in [-0.39, 0.29) is 16.7 Å². The number of para-hydroxylation sites is 1. The lowest BCUT2D eigenvalue weighted by molar-refractivity contribution is 0.458. The predicted octanol–water partition coefficient (Wildman–Crippen LogP) is 16.2. The van der Waals surface area contributed by atoms with Crippen LogP contribution in [-0.4, -0.2) is 0 Å². The first-order valence-electron chi connectivity index (χ1n) is 23.5.